The molecular formula is C19H22N4OS. The summed E-state index contributed by atoms with van der Waals surface area (Å²) < 4.78 is 0. The number of amides is 2. The van der Waals surface area contributed by atoms with Gasteiger partial charge in [-0.3, -0.25) is 0 Å². The fraction of sp³-hybridized carbons (Fsp3) is 0.368. The summed E-state index contributed by atoms with van der Waals surface area (Å²) in [5, 5.41) is 0. The number of benzene rings is 1. The summed E-state index contributed by atoms with van der Waals surface area (Å²) in [4.78, 5) is 26.0. The van der Waals surface area contributed by atoms with Crippen LogP contribution in [0.1, 0.15) is 12.8 Å². The fourth-order valence-corrected chi connectivity index (χ4v) is 4.51. The van der Waals surface area contributed by atoms with E-state index in [1.807, 2.05) is 42.3 Å². The van der Waals surface area contributed by atoms with Gasteiger partial charge in [0.1, 0.15) is 0 Å². The molecule has 0 saturated carbocycles. The molecule has 3 heterocycles. The zero-order valence-electron chi connectivity index (χ0n) is 14.6. The van der Waals surface area contributed by atoms with Crippen LogP contribution in [0.25, 0.3) is 0 Å². The van der Waals surface area contributed by atoms with Crippen LogP contribution in [-0.2, 0) is 0 Å². The maximum Gasteiger partial charge on any atom is 0.330 e. The molecule has 1 aromatic heterocycles. The normalized spacial score (nSPS) is 17.8. The minimum absolute atomic E-state index is 0.00209. The predicted molar refractivity (Wildman–Crippen MR) is 101 cm³/mol. The Hall–Kier alpha value is -2.05. The summed E-state index contributed by atoms with van der Waals surface area (Å²) in [6.45, 7) is 2.06. The lowest BCUT2D eigenvalue weighted by Gasteiger charge is -2.39. The van der Waals surface area contributed by atoms with E-state index in [1.165, 1.54) is 0 Å². The summed E-state index contributed by atoms with van der Waals surface area (Å²) in [6, 6.07) is 12.3. The number of fused-ring (bicyclic) bond motifs is 2. The fourth-order valence-electron chi connectivity index (χ4n) is 3.48. The number of rotatable bonds is 1. The number of pyridine rings is 1. The van der Waals surface area contributed by atoms with Crippen molar-refractivity contribution in [1.29, 1.82) is 0 Å². The second kappa shape index (κ2) is 6.69. The smallest absolute Gasteiger partial charge is 0.324 e. The van der Waals surface area contributed by atoms with Crippen molar-refractivity contribution in [3.63, 3.8) is 0 Å². The second-order valence-electron chi connectivity index (χ2n) is 6.66. The summed E-state index contributed by atoms with van der Waals surface area (Å²) in [5.41, 5.74) is 0.920. The number of hydrogen-bond acceptors (Lipinski definition) is 4. The highest BCUT2D eigenvalue weighted by Gasteiger charge is 2.34. The zero-order chi connectivity index (χ0) is 17.4. The molecule has 2 amide bonds. The van der Waals surface area contributed by atoms with E-state index in [-0.39, 0.29) is 12.1 Å². The van der Waals surface area contributed by atoms with Crippen LogP contribution < -0.4 is 4.90 Å². The largest absolute Gasteiger partial charge is 0.330 e. The van der Waals surface area contributed by atoms with Crippen LogP contribution in [0.5, 0.6) is 0 Å². The van der Waals surface area contributed by atoms with E-state index >= 15 is 0 Å². The van der Waals surface area contributed by atoms with Gasteiger partial charge in [-0.25, -0.2) is 14.7 Å². The van der Waals surface area contributed by atoms with Crippen LogP contribution in [0.4, 0.5) is 16.3 Å². The summed E-state index contributed by atoms with van der Waals surface area (Å²) in [6.07, 6.45) is 3.78. The second-order valence-corrected chi connectivity index (χ2v) is 7.74. The molecule has 0 N–H and O–H groups in total. The molecule has 0 atom stereocenters. The van der Waals surface area contributed by atoms with Gasteiger partial charge in [-0.1, -0.05) is 23.9 Å². The van der Waals surface area contributed by atoms with Gasteiger partial charge in [-0.2, -0.15) is 0 Å². The number of aromatic nitrogens is 1. The third-order valence-electron chi connectivity index (χ3n) is 5.02. The Morgan fingerprint density at radius 1 is 1.16 bits per heavy atom. The molecule has 5 nitrogen and oxygen atoms in total. The molecule has 2 aliphatic rings. The molecule has 25 heavy (non-hydrogen) atoms. The van der Waals surface area contributed by atoms with Gasteiger partial charge in [0, 0.05) is 24.2 Å². The molecule has 0 aliphatic carbocycles. The van der Waals surface area contributed by atoms with Gasteiger partial charge in [0.2, 0.25) is 0 Å². The molecule has 0 unspecified atom stereocenters. The van der Waals surface area contributed by atoms with Crippen LogP contribution in [0.2, 0.25) is 0 Å². The minimum Gasteiger partial charge on any atom is -0.324 e. The van der Waals surface area contributed by atoms with Crippen LogP contribution in [0, 0.1) is 0 Å². The summed E-state index contributed by atoms with van der Waals surface area (Å²) in [7, 11) is 4.06. The highest BCUT2D eigenvalue weighted by Crippen LogP contribution is 2.47. The van der Waals surface area contributed by atoms with Crippen LogP contribution in [0.3, 0.4) is 0 Å². The summed E-state index contributed by atoms with van der Waals surface area (Å²) in [5.74, 6) is 0.732. The number of para-hydroxylation sites is 1. The van der Waals surface area contributed by atoms with Gasteiger partial charge in [0.05, 0.1) is 10.6 Å². The third kappa shape index (κ3) is 3.00. The highest BCUT2D eigenvalue weighted by molar-refractivity contribution is 7.99. The average molecular weight is 354 g/mol. The van der Waals surface area contributed by atoms with Crippen molar-refractivity contribution < 1.29 is 4.79 Å². The lowest BCUT2D eigenvalue weighted by Crippen LogP contribution is -2.49. The number of urea groups is 1. The Kier molecular flexibility index (Phi) is 4.39. The molecule has 0 spiro atoms. The molecule has 1 aromatic carbocycles. The topological polar surface area (TPSA) is 39.7 Å². The van der Waals surface area contributed by atoms with Gasteiger partial charge in [0.15, 0.2) is 5.82 Å². The first-order valence-corrected chi connectivity index (χ1v) is 9.44. The lowest BCUT2D eigenvalue weighted by molar-refractivity contribution is 0.153. The third-order valence-corrected chi connectivity index (χ3v) is 6.12. The molecule has 4 rings (SSSR count). The van der Waals surface area contributed by atoms with E-state index in [2.05, 4.69) is 23.0 Å². The molecule has 1 fully saturated rings. The zero-order valence-corrected chi connectivity index (χ0v) is 15.4. The molecule has 1 saturated heterocycles. The molecule has 6 heteroatoms. The van der Waals surface area contributed by atoms with Gasteiger partial charge in [-0.05, 0) is 57.2 Å². The Labute approximate surface area is 152 Å². The first-order valence-electron chi connectivity index (χ1n) is 8.62. The van der Waals surface area contributed by atoms with Crippen molar-refractivity contribution in [2.75, 3.05) is 32.1 Å². The standard InChI is InChI=1S/C19H22N4OS/c1-21-12-9-14(10-13-21)22(2)19(24)23-15-6-3-4-7-16(15)25-17-8-5-11-20-18(17)23/h3-8,11,14H,9-10,12-13H2,1-2H3. The van der Waals surface area contributed by atoms with Gasteiger partial charge >= 0.3 is 6.03 Å². The monoisotopic (exact) mass is 354 g/mol. The van der Waals surface area contributed by atoms with Gasteiger partial charge in [0.25, 0.3) is 0 Å². The molecule has 0 radical (unpaired) electrons. The molecule has 130 valence electrons. The highest BCUT2D eigenvalue weighted by atomic mass is 32.2. The first-order chi connectivity index (χ1) is 12.1. The van der Waals surface area contributed by atoms with E-state index in [9.17, 15) is 4.79 Å². The van der Waals surface area contributed by atoms with Crippen molar-refractivity contribution in [2.24, 2.45) is 0 Å². The number of carbonyl (C=O) groups excluding carboxylic acids is 1. The van der Waals surface area contributed by atoms with Crippen LogP contribution in [-0.4, -0.2) is 54.0 Å². The number of anilines is 2. The van der Waals surface area contributed by atoms with Gasteiger partial charge < -0.3 is 9.80 Å². The Bertz CT molecular complexity index is 743. The Balaban J connectivity index is 1.68. The molecule has 2 aliphatic heterocycles. The van der Waals surface area contributed by atoms with E-state index < -0.39 is 0 Å². The summed E-state index contributed by atoms with van der Waals surface area (Å²) >= 11 is 1.67. The average Bonchev–Trinajstić information content (AvgIpc) is 2.65. The number of likely N-dealkylation sites (tertiary alicyclic amines) is 1. The molecule has 2 aromatic rings. The predicted octanol–water partition coefficient (Wildman–Crippen LogP) is 3.83. The quantitative estimate of drug-likeness (QED) is 0.780. The van der Waals surface area contributed by atoms with Gasteiger partial charge in [-0.15, -0.1) is 0 Å². The Morgan fingerprint density at radius 3 is 2.68 bits per heavy atom. The van der Waals surface area contributed by atoms with Crippen molar-refractivity contribution in [1.82, 2.24) is 14.8 Å². The maximum atomic E-state index is 13.4. The maximum absolute atomic E-state index is 13.4. The first kappa shape index (κ1) is 16.4. The van der Waals surface area contributed by atoms with Crippen molar-refractivity contribution in [2.45, 2.75) is 28.7 Å². The number of piperidine rings is 1. The molecule has 0 bridgehead atoms. The van der Waals surface area contributed by atoms with Crippen LogP contribution >= 0.6 is 11.8 Å². The van der Waals surface area contributed by atoms with E-state index in [4.69, 9.17) is 0 Å². The van der Waals surface area contributed by atoms with E-state index in [0.717, 1.165) is 47.2 Å². The number of carbonyl (C=O) groups is 1. The van der Waals surface area contributed by atoms with Crippen molar-refractivity contribution in [3.05, 3.63) is 42.6 Å². The molecular weight excluding hydrogens is 332 g/mol. The lowest BCUT2D eigenvalue weighted by atomic mass is 10.0. The number of nitrogens with zero attached hydrogens (tertiary/aromatic N) is 4. The minimum atomic E-state index is 0.00209. The van der Waals surface area contributed by atoms with Crippen molar-refractivity contribution >= 4 is 29.3 Å². The van der Waals surface area contributed by atoms with Crippen LogP contribution in [0.15, 0.2) is 52.4 Å². The SMILES string of the molecule is CN1CCC(N(C)C(=O)N2c3ccccc3Sc3cccnc32)CC1. The number of hydrogen-bond donors (Lipinski definition) is 0. The van der Waals surface area contributed by atoms with E-state index in [0.29, 0.717) is 0 Å². The van der Waals surface area contributed by atoms with Crippen molar-refractivity contribution in [3.8, 4) is 0 Å². The Morgan fingerprint density at radius 2 is 1.88 bits per heavy atom. The van der Waals surface area contributed by atoms with E-state index in [1.54, 1.807) is 22.9 Å².